The van der Waals surface area contributed by atoms with Crippen molar-refractivity contribution in [2.45, 2.75) is 32.7 Å². The lowest BCUT2D eigenvalue weighted by atomic mass is 10.2. The minimum absolute atomic E-state index is 0.126. The number of hydrogen-bond donors (Lipinski definition) is 2. The fourth-order valence-electron chi connectivity index (χ4n) is 1.33. The molecule has 0 saturated carbocycles. The fourth-order valence-corrected chi connectivity index (χ4v) is 1.33. The Kier molecular flexibility index (Phi) is 6.70. The van der Waals surface area contributed by atoms with Gasteiger partial charge in [0.15, 0.2) is 0 Å². The summed E-state index contributed by atoms with van der Waals surface area (Å²) >= 11 is 0. The van der Waals surface area contributed by atoms with Crippen LogP contribution in [0.25, 0.3) is 0 Å². The largest absolute Gasteiger partial charge is 0.480 e. The van der Waals surface area contributed by atoms with E-state index in [2.05, 4.69) is 5.32 Å². The van der Waals surface area contributed by atoms with Gasteiger partial charge in [0.25, 0.3) is 0 Å². The average molecular weight is 216 g/mol. The molecule has 0 aromatic carbocycles. The van der Waals surface area contributed by atoms with Crippen LogP contribution in [0.4, 0.5) is 0 Å². The third-order valence-electron chi connectivity index (χ3n) is 2.17. The second kappa shape index (κ2) is 7.23. The van der Waals surface area contributed by atoms with Crippen LogP contribution in [0.3, 0.4) is 0 Å². The predicted molar refractivity (Wildman–Crippen MR) is 57.6 cm³/mol. The highest BCUT2D eigenvalue weighted by molar-refractivity contribution is 5.79. The topological polar surface area (TPSA) is 69.6 Å². The van der Waals surface area contributed by atoms with Crippen molar-refractivity contribution in [3.05, 3.63) is 0 Å². The van der Waals surface area contributed by atoms with Crippen LogP contribution in [-0.2, 0) is 9.59 Å². The van der Waals surface area contributed by atoms with E-state index in [-0.39, 0.29) is 12.5 Å². The van der Waals surface area contributed by atoms with Gasteiger partial charge in [0.1, 0.15) is 6.04 Å². The average Bonchev–Trinajstić information content (AvgIpc) is 2.15. The molecule has 0 bridgehead atoms. The lowest BCUT2D eigenvalue weighted by Crippen LogP contribution is -2.44. The highest BCUT2D eigenvalue weighted by Crippen LogP contribution is 2.00. The molecule has 0 saturated heterocycles. The highest BCUT2D eigenvalue weighted by atomic mass is 16.4. The zero-order chi connectivity index (χ0) is 11.8. The maximum Gasteiger partial charge on any atom is 0.320 e. The van der Waals surface area contributed by atoms with Crippen molar-refractivity contribution in [1.82, 2.24) is 10.2 Å². The first-order valence-electron chi connectivity index (χ1n) is 5.22. The molecule has 0 aliphatic rings. The van der Waals surface area contributed by atoms with E-state index in [1.807, 2.05) is 6.92 Å². The Balaban J connectivity index is 4.04. The molecule has 0 aromatic rings. The molecule has 5 heteroatoms. The first-order chi connectivity index (χ1) is 7.02. The molecule has 1 unspecified atom stereocenters. The summed E-state index contributed by atoms with van der Waals surface area (Å²) in [6.07, 6.45) is 1.37. The minimum atomic E-state index is -0.886. The summed E-state index contributed by atoms with van der Waals surface area (Å²) in [5.74, 6) is -1.01. The van der Waals surface area contributed by atoms with Crippen molar-refractivity contribution < 1.29 is 14.7 Å². The number of amides is 1. The van der Waals surface area contributed by atoms with E-state index in [9.17, 15) is 9.59 Å². The van der Waals surface area contributed by atoms with E-state index in [1.54, 1.807) is 18.9 Å². The van der Waals surface area contributed by atoms with Gasteiger partial charge in [0.05, 0.1) is 6.54 Å². The maximum atomic E-state index is 11.3. The van der Waals surface area contributed by atoms with Gasteiger partial charge >= 0.3 is 5.97 Å². The summed E-state index contributed by atoms with van der Waals surface area (Å²) in [5.41, 5.74) is 0. The SMILES string of the molecule is CCCNC(=O)CN(C)C(CC)C(=O)O. The summed E-state index contributed by atoms with van der Waals surface area (Å²) in [7, 11) is 1.65. The van der Waals surface area contributed by atoms with Crippen molar-refractivity contribution >= 4 is 11.9 Å². The molecule has 1 atom stereocenters. The Morgan fingerprint density at radius 3 is 2.40 bits per heavy atom. The quantitative estimate of drug-likeness (QED) is 0.642. The van der Waals surface area contributed by atoms with Gasteiger partial charge in [-0.2, -0.15) is 0 Å². The normalized spacial score (nSPS) is 12.5. The van der Waals surface area contributed by atoms with Crippen molar-refractivity contribution in [3.63, 3.8) is 0 Å². The molecule has 0 radical (unpaired) electrons. The lowest BCUT2D eigenvalue weighted by Gasteiger charge is -2.22. The van der Waals surface area contributed by atoms with E-state index in [0.29, 0.717) is 13.0 Å². The number of aliphatic carboxylic acids is 1. The molecule has 88 valence electrons. The smallest absolute Gasteiger partial charge is 0.320 e. The van der Waals surface area contributed by atoms with E-state index < -0.39 is 12.0 Å². The Bertz CT molecular complexity index is 219. The van der Waals surface area contributed by atoms with E-state index in [0.717, 1.165) is 6.42 Å². The van der Waals surface area contributed by atoms with Crippen LogP contribution in [0.2, 0.25) is 0 Å². The summed E-state index contributed by atoms with van der Waals surface area (Å²) < 4.78 is 0. The number of likely N-dealkylation sites (N-methyl/N-ethyl adjacent to an activating group) is 1. The van der Waals surface area contributed by atoms with Crippen LogP contribution >= 0.6 is 0 Å². The second-order valence-electron chi connectivity index (χ2n) is 3.53. The van der Waals surface area contributed by atoms with E-state index >= 15 is 0 Å². The molecule has 0 heterocycles. The number of rotatable bonds is 7. The molecular weight excluding hydrogens is 196 g/mol. The number of hydrogen-bond acceptors (Lipinski definition) is 3. The van der Waals surface area contributed by atoms with Crippen molar-refractivity contribution in [1.29, 1.82) is 0 Å². The molecule has 15 heavy (non-hydrogen) atoms. The minimum Gasteiger partial charge on any atom is -0.480 e. The number of nitrogens with zero attached hydrogens (tertiary/aromatic N) is 1. The number of carboxylic acid groups (broad SMARTS) is 1. The van der Waals surface area contributed by atoms with Gasteiger partial charge in [0.2, 0.25) is 5.91 Å². The molecule has 0 rings (SSSR count). The fraction of sp³-hybridized carbons (Fsp3) is 0.800. The molecule has 2 N–H and O–H groups in total. The number of carbonyl (C=O) groups excluding carboxylic acids is 1. The first kappa shape index (κ1) is 13.9. The molecule has 5 nitrogen and oxygen atoms in total. The summed E-state index contributed by atoms with van der Waals surface area (Å²) in [6, 6.07) is -0.586. The highest BCUT2D eigenvalue weighted by Gasteiger charge is 2.21. The van der Waals surface area contributed by atoms with Crippen LogP contribution in [0.5, 0.6) is 0 Å². The predicted octanol–water partition coefficient (Wildman–Crippen LogP) is 0.308. The Labute approximate surface area is 90.5 Å². The number of nitrogens with one attached hydrogen (secondary N) is 1. The van der Waals surface area contributed by atoms with Gasteiger partial charge in [-0.15, -0.1) is 0 Å². The van der Waals surface area contributed by atoms with Gasteiger partial charge in [-0.05, 0) is 19.9 Å². The molecule has 0 fully saturated rings. The van der Waals surface area contributed by atoms with E-state index in [1.165, 1.54) is 0 Å². The monoisotopic (exact) mass is 216 g/mol. The molecular formula is C10H20N2O3. The zero-order valence-corrected chi connectivity index (χ0v) is 9.62. The van der Waals surface area contributed by atoms with Crippen LogP contribution in [-0.4, -0.2) is 48.1 Å². The number of carboxylic acids is 1. The van der Waals surface area contributed by atoms with E-state index in [4.69, 9.17) is 5.11 Å². The van der Waals surface area contributed by atoms with Crippen LogP contribution in [0, 0.1) is 0 Å². The Hall–Kier alpha value is -1.10. The van der Waals surface area contributed by atoms with Gasteiger partial charge < -0.3 is 10.4 Å². The van der Waals surface area contributed by atoms with Gasteiger partial charge in [-0.1, -0.05) is 13.8 Å². The van der Waals surface area contributed by atoms with Crippen molar-refractivity contribution in [2.75, 3.05) is 20.1 Å². The third kappa shape index (κ3) is 5.37. The molecule has 0 aliphatic carbocycles. The summed E-state index contributed by atoms with van der Waals surface area (Å²) in [6.45, 7) is 4.52. The van der Waals surface area contributed by atoms with Gasteiger partial charge in [0, 0.05) is 6.54 Å². The standard InChI is InChI=1S/C10H20N2O3/c1-4-6-11-9(13)7-12(3)8(5-2)10(14)15/h8H,4-7H2,1-3H3,(H,11,13)(H,14,15). The van der Waals surface area contributed by atoms with Crippen LogP contribution in [0.1, 0.15) is 26.7 Å². The molecule has 0 spiro atoms. The second-order valence-corrected chi connectivity index (χ2v) is 3.53. The Morgan fingerprint density at radius 2 is 2.00 bits per heavy atom. The Morgan fingerprint density at radius 1 is 1.40 bits per heavy atom. The van der Waals surface area contributed by atoms with Crippen molar-refractivity contribution in [3.8, 4) is 0 Å². The first-order valence-corrected chi connectivity index (χ1v) is 5.22. The summed E-state index contributed by atoms with van der Waals surface area (Å²) in [4.78, 5) is 23.7. The zero-order valence-electron chi connectivity index (χ0n) is 9.62. The third-order valence-corrected chi connectivity index (χ3v) is 2.17. The van der Waals surface area contributed by atoms with Gasteiger partial charge in [-0.25, -0.2) is 0 Å². The number of carbonyl (C=O) groups is 2. The molecule has 0 aromatic heterocycles. The van der Waals surface area contributed by atoms with Crippen LogP contribution < -0.4 is 5.32 Å². The molecule has 0 aliphatic heterocycles. The summed E-state index contributed by atoms with van der Waals surface area (Å²) in [5, 5.41) is 11.6. The van der Waals surface area contributed by atoms with Crippen LogP contribution in [0.15, 0.2) is 0 Å². The van der Waals surface area contributed by atoms with Crippen molar-refractivity contribution in [2.24, 2.45) is 0 Å². The molecule has 1 amide bonds. The van der Waals surface area contributed by atoms with Gasteiger partial charge in [-0.3, -0.25) is 14.5 Å². The lowest BCUT2D eigenvalue weighted by molar-refractivity contribution is -0.143. The maximum absolute atomic E-state index is 11.3.